The van der Waals surface area contributed by atoms with E-state index in [2.05, 4.69) is 45.0 Å². The van der Waals surface area contributed by atoms with Crippen molar-refractivity contribution in [1.82, 2.24) is 0 Å². The van der Waals surface area contributed by atoms with E-state index in [1.165, 1.54) is 16.7 Å². The summed E-state index contributed by atoms with van der Waals surface area (Å²) in [5.74, 6) is 1.17. The molecule has 2 aromatic carbocycles. The first-order chi connectivity index (χ1) is 8.97. The number of halogens is 1. The monoisotopic (exact) mass is 272 g/mol. The Morgan fingerprint density at radius 1 is 1.05 bits per heavy atom. The SMILES string of the molecule is Cc1ccc(C2c3cc(Cl)ccc3OC2(C)C)cc1. The van der Waals surface area contributed by atoms with Crippen LogP contribution in [0.1, 0.15) is 36.5 Å². The summed E-state index contributed by atoms with van der Waals surface area (Å²) in [6, 6.07) is 14.5. The standard InChI is InChI=1S/C17H17ClO/c1-11-4-6-12(7-5-11)16-14-10-13(18)8-9-15(14)19-17(16,2)3/h4-10,16H,1-3H3. The molecule has 19 heavy (non-hydrogen) atoms. The number of ether oxygens (including phenoxy) is 1. The zero-order valence-electron chi connectivity index (χ0n) is 11.4. The minimum atomic E-state index is -0.248. The van der Waals surface area contributed by atoms with Crippen LogP contribution in [0, 0.1) is 6.92 Å². The highest BCUT2D eigenvalue weighted by Gasteiger charge is 2.42. The van der Waals surface area contributed by atoms with Gasteiger partial charge in [0.25, 0.3) is 0 Å². The first-order valence-corrected chi connectivity index (χ1v) is 6.90. The van der Waals surface area contributed by atoms with E-state index in [9.17, 15) is 0 Å². The zero-order valence-corrected chi connectivity index (χ0v) is 12.2. The smallest absolute Gasteiger partial charge is 0.124 e. The predicted octanol–water partition coefficient (Wildman–Crippen LogP) is 4.95. The Morgan fingerprint density at radius 3 is 2.42 bits per heavy atom. The van der Waals surface area contributed by atoms with E-state index in [0.29, 0.717) is 0 Å². The Hall–Kier alpha value is -1.47. The Labute approximate surface area is 119 Å². The zero-order chi connectivity index (χ0) is 13.6. The lowest BCUT2D eigenvalue weighted by Gasteiger charge is -2.27. The van der Waals surface area contributed by atoms with Crippen LogP contribution in [0.2, 0.25) is 5.02 Å². The van der Waals surface area contributed by atoms with Gasteiger partial charge in [-0.25, -0.2) is 0 Å². The van der Waals surface area contributed by atoms with E-state index in [1.807, 2.05) is 18.2 Å². The third kappa shape index (κ3) is 2.12. The second-order valence-corrected chi connectivity index (χ2v) is 6.17. The Balaban J connectivity index is 2.14. The van der Waals surface area contributed by atoms with Crippen molar-refractivity contribution in [2.24, 2.45) is 0 Å². The summed E-state index contributed by atoms with van der Waals surface area (Å²) < 4.78 is 6.09. The van der Waals surface area contributed by atoms with Gasteiger partial charge < -0.3 is 4.74 Å². The molecule has 0 aromatic heterocycles. The molecule has 98 valence electrons. The number of hydrogen-bond donors (Lipinski definition) is 0. The second-order valence-electron chi connectivity index (χ2n) is 5.73. The molecular formula is C17H17ClO. The number of hydrogen-bond acceptors (Lipinski definition) is 1. The molecule has 0 bridgehead atoms. The minimum Gasteiger partial charge on any atom is -0.487 e. The maximum atomic E-state index is 6.14. The molecule has 1 atom stereocenters. The first kappa shape index (κ1) is 12.6. The third-order valence-electron chi connectivity index (χ3n) is 3.76. The number of rotatable bonds is 1. The normalized spacial score (nSPS) is 19.9. The van der Waals surface area contributed by atoms with Gasteiger partial charge in [0.1, 0.15) is 11.4 Å². The summed E-state index contributed by atoms with van der Waals surface area (Å²) in [5.41, 5.74) is 3.48. The molecule has 3 rings (SSSR count). The second kappa shape index (κ2) is 4.28. The minimum absolute atomic E-state index is 0.224. The van der Waals surface area contributed by atoms with Crippen LogP contribution in [0.25, 0.3) is 0 Å². The van der Waals surface area contributed by atoms with Crippen LogP contribution >= 0.6 is 11.6 Å². The number of aryl methyl sites for hydroxylation is 1. The number of fused-ring (bicyclic) bond motifs is 1. The summed E-state index contributed by atoms with van der Waals surface area (Å²) in [6.07, 6.45) is 0. The van der Waals surface area contributed by atoms with Gasteiger partial charge in [-0.3, -0.25) is 0 Å². The molecular weight excluding hydrogens is 256 g/mol. The molecule has 1 aliphatic heterocycles. The molecule has 0 saturated carbocycles. The van der Waals surface area contributed by atoms with Gasteiger partial charge in [-0.05, 0) is 44.5 Å². The van der Waals surface area contributed by atoms with Gasteiger partial charge in [0.2, 0.25) is 0 Å². The van der Waals surface area contributed by atoms with E-state index in [1.54, 1.807) is 0 Å². The van der Waals surface area contributed by atoms with E-state index >= 15 is 0 Å². The van der Waals surface area contributed by atoms with E-state index in [0.717, 1.165) is 10.8 Å². The summed E-state index contributed by atoms with van der Waals surface area (Å²) in [7, 11) is 0. The lowest BCUT2D eigenvalue weighted by molar-refractivity contribution is 0.122. The van der Waals surface area contributed by atoms with Gasteiger partial charge in [0.05, 0.1) is 5.92 Å². The average Bonchev–Trinajstić information content (AvgIpc) is 2.60. The molecule has 0 N–H and O–H groups in total. The quantitative estimate of drug-likeness (QED) is 0.714. The molecule has 0 saturated heterocycles. The topological polar surface area (TPSA) is 9.23 Å². The summed E-state index contributed by atoms with van der Waals surface area (Å²) in [6.45, 7) is 6.36. The van der Waals surface area contributed by atoms with Gasteiger partial charge in [-0.2, -0.15) is 0 Å². The van der Waals surface area contributed by atoms with Crippen LogP contribution in [0.5, 0.6) is 5.75 Å². The molecule has 1 heterocycles. The highest BCUT2D eigenvalue weighted by atomic mass is 35.5. The van der Waals surface area contributed by atoms with Crippen LogP contribution in [0.15, 0.2) is 42.5 Å². The lowest BCUT2D eigenvalue weighted by atomic mass is 9.81. The van der Waals surface area contributed by atoms with Crippen molar-refractivity contribution < 1.29 is 4.74 Å². The average molecular weight is 273 g/mol. The first-order valence-electron chi connectivity index (χ1n) is 6.52. The van der Waals surface area contributed by atoms with Crippen LogP contribution in [0.4, 0.5) is 0 Å². The fraction of sp³-hybridized carbons (Fsp3) is 0.294. The molecule has 0 spiro atoms. The van der Waals surface area contributed by atoms with Gasteiger partial charge in [0.15, 0.2) is 0 Å². The van der Waals surface area contributed by atoms with Crippen molar-refractivity contribution in [1.29, 1.82) is 0 Å². The van der Waals surface area contributed by atoms with Crippen LogP contribution < -0.4 is 4.74 Å². The van der Waals surface area contributed by atoms with E-state index in [4.69, 9.17) is 16.3 Å². The highest BCUT2D eigenvalue weighted by Crippen LogP contribution is 2.48. The van der Waals surface area contributed by atoms with Gasteiger partial charge >= 0.3 is 0 Å². The molecule has 0 amide bonds. The molecule has 1 aliphatic rings. The summed E-state index contributed by atoms with van der Waals surface area (Å²) >= 11 is 6.14. The van der Waals surface area contributed by atoms with Crippen molar-refractivity contribution in [3.05, 3.63) is 64.2 Å². The van der Waals surface area contributed by atoms with Crippen LogP contribution in [-0.4, -0.2) is 5.60 Å². The molecule has 2 aromatic rings. The third-order valence-corrected chi connectivity index (χ3v) is 4.00. The molecule has 2 heteroatoms. The molecule has 1 unspecified atom stereocenters. The van der Waals surface area contributed by atoms with Gasteiger partial charge in [-0.1, -0.05) is 41.4 Å². The van der Waals surface area contributed by atoms with Crippen molar-refractivity contribution >= 4 is 11.6 Å². The lowest BCUT2D eigenvalue weighted by Crippen LogP contribution is -2.30. The highest BCUT2D eigenvalue weighted by molar-refractivity contribution is 6.30. The van der Waals surface area contributed by atoms with Crippen LogP contribution in [0.3, 0.4) is 0 Å². The van der Waals surface area contributed by atoms with Crippen molar-refractivity contribution in [2.75, 3.05) is 0 Å². The predicted molar refractivity (Wildman–Crippen MR) is 79.2 cm³/mol. The molecule has 0 fully saturated rings. The summed E-state index contributed by atoms with van der Waals surface area (Å²) in [4.78, 5) is 0. The van der Waals surface area contributed by atoms with Crippen molar-refractivity contribution in [2.45, 2.75) is 32.3 Å². The van der Waals surface area contributed by atoms with Crippen LogP contribution in [-0.2, 0) is 0 Å². The van der Waals surface area contributed by atoms with Gasteiger partial charge in [-0.15, -0.1) is 0 Å². The number of benzene rings is 2. The largest absolute Gasteiger partial charge is 0.487 e. The summed E-state index contributed by atoms with van der Waals surface area (Å²) in [5, 5.41) is 0.761. The Bertz CT molecular complexity index is 614. The van der Waals surface area contributed by atoms with E-state index < -0.39 is 0 Å². The fourth-order valence-electron chi connectivity index (χ4n) is 2.89. The maximum Gasteiger partial charge on any atom is 0.124 e. The molecule has 0 aliphatic carbocycles. The Kier molecular flexibility index (Phi) is 2.83. The van der Waals surface area contributed by atoms with Gasteiger partial charge in [0, 0.05) is 10.6 Å². The fourth-order valence-corrected chi connectivity index (χ4v) is 3.08. The maximum absolute atomic E-state index is 6.14. The molecule has 0 radical (unpaired) electrons. The van der Waals surface area contributed by atoms with Crippen molar-refractivity contribution in [3.8, 4) is 5.75 Å². The Morgan fingerprint density at radius 2 is 1.74 bits per heavy atom. The van der Waals surface area contributed by atoms with Crippen molar-refractivity contribution in [3.63, 3.8) is 0 Å². The van der Waals surface area contributed by atoms with E-state index in [-0.39, 0.29) is 11.5 Å². The molecule has 1 nitrogen and oxygen atoms in total.